The van der Waals surface area contributed by atoms with Gasteiger partial charge in [-0.15, -0.1) is 0 Å². The van der Waals surface area contributed by atoms with Crippen molar-refractivity contribution in [2.75, 3.05) is 0 Å². The Hall–Kier alpha value is -2.66. The monoisotopic (exact) mass is 434 g/mol. The lowest BCUT2D eigenvalue weighted by atomic mass is 9.79. The Morgan fingerprint density at radius 1 is 0.938 bits per heavy atom. The van der Waals surface area contributed by atoms with Crippen molar-refractivity contribution in [2.24, 2.45) is 5.92 Å². The molecule has 0 aromatic heterocycles. The second kappa shape index (κ2) is 10.8. The summed E-state index contributed by atoms with van der Waals surface area (Å²) in [5, 5.41) is 3.09. The Balaban J connectivity index is 1.64. The molecule has 2 aliphatic carbocycles. The minimum atomic E-state index is -0.805. The molecule has 2 aromatic rings. The first-order chi connectivity index (χ1) is 15.6. The normalized spacial score (nSPS) is 17.9. The summed E-state index contributed by atoms with van der Waals surface area (Å²) in [6, 6.07) is 20.7. The molecule has 4 rings (SSSR count). The molecule has 2 fully saturated rings. The molecular weight excluding hydrogens is 400 g/mol. The highest BCUT2D eigenvalue weighted by atomic mass is 16.5. The van der Waals surface area contributed by atoms with Crippen molar-refractivity contribution in [3.05, 3.63) is 71.8 Å². The fourth-order valence-corrected chi connectivity index (χ4v) is 4.46. The van der Waals surface area contributed by atoms with Gasteiger partial charge in [0.25, 0.3) is 5.91 Å². The van der Waals surface area contributed by atoms with Gasteiger partial charge in [0.15, 0.2) is 6.10 Å². The zero-order valence-electron chi connectivity index (χ0n) is 18.9. The number of nitrogens with zero attached hydrogens (tertiary/aromatic N) is 1. The third kappa shape index (κ3) is 6.42. The van der Waals surface area contributed by atoms with Crippen LogP contribution < -0.4 is 5.32 Å². The molecule has 2 unspecified atom stereocenters. The van der Waals surface area contributed by atoms with Crippen molar-refractivity contribution in [1.82, 2.24) is 10.2 Å². The van der Waals surface area contributed by atoms with Crippen molar-refractivity contribution < 1.29 is 14.3 Å². The molecule has 2 aliphatic rings. The number of amides is 1. The highest BCUT2D eigenvalue weighted by Gasteiger charge is 2.40. The fraction of sp³-hybridized carbons (Fsp3) is 0.481. The predicted molar refractivity (Wildman–Crippen MR) is 125 cm³/mol. The molecule has 2 saturated carbocycles. The molecule has 2 aromatic carbocycles. The van der Waals surface area contributed by atoms with Crippen molar-refractivity contribution >= 4 is 11.9 Å². The Morgan fingerprint density at radius 3 is 1.94 bits per heavy atom. The zero-order valence-corrected chi connectivity index (χ0v) is 18.9. The fourth-order valence-electron chi connectivity index (χ4n) is 4.46. The smallest absolute Gasteiger partial charge is 0.303 e. The van der Waals surface area contributed by atoms with E-state index in [2.05, 4.69) is 34.5 Å². The van der Waals surface area contributed by atoms with Crippen LogP contribution in [0.15, 0.2) is 60.7 Å². The molecular formula is C27H34N2O3. The molecule has 0 heterocycles. The number of nitrogens with one attached hydrogen (secondary N) is 1. The lowest BCUT2D eigenvalue weighted by Gasteiger charge is -2.40. The van der Waals surface area contributed by atoms with Gasteiger partial charge in [-0.1, -0.05) is 79.9 Å². The second-order valence-corrected chi connectivity index (χ2v) is 9.29. The van der Waals surface area contributed by atoms with Crippen LogP contribution in [0.1, 0.15) is 56.6 Å². The summed E-state index contributed by atoms with van der Waals surface area (Å²) in [6.45, 7) is 2.79. The maximum absolute atomic E-state index is 13.3. The van der Waals surface area contributed by atoms with Crippen LogP contribution in [0.25, 0.3) is 0 Å². The molecule has 5 nitrogen and oxygen atoms in total. The minimum absolute atomic E-state index is 0.154. The highest BCUT2D eigenvalue weighted by Crippen LogP contribution is 2.34. The standard InChI is InChI=1S/C27H34N2O3/c1-20(30)32-26(27(31)28-24-15-16-24)25(17-21-13-8-14-21)29(18-22-9-4-2-5-10-22)19-23-11-6-3-7-12-23/h2-7,9-12,21,24-26H,8,13-19H2,1H3,(H,28,31). The van der Waals surface area contributed by atoms with Gasteiger partial charge in [0.1, 0.15) is 0 Å². The summed E-state index contributed by atoms with van der Waals surface area (Å²) in [4.78, 5) is 27.6. The predicted octanol–water partition coefficient (Wildman–Crippen LogP) is 4.46. The summed E-state index contributed by atoms with van der Waals surface area (Å²) in [5.74, 6) is 0.0119. The summed E-state index contributed by atoms with van der Waals surface area (Å²) in [7, 11) is 0. The largest absolute Gasteiger partial charge is 0.451 e. The number of carbonyl (C=O) groups is 2. The first kappa shape index (κ1) is 22.5. The van der Waals surface area contributed by atoms with Crippen LogP contribution in [0.2, 0.25) is 0 Å². The SMILES string of the molecule is CC(=O)OC(C(=O)NC1CC1)C(CC1CCC1)N(Cc1ccccc1)Cc1ccccc1. The molecule has 0 bridgehead atoms. The summed E-state index contributed by atoms with van der Waals surface area (Å²) in [6.07, 6.45) is 5.65. The number of hydrogen-bond acceptors (Lipinski definition) is 4. The maximum atomic E-state index is 13.3. The van der Waals surface area contributed by atoms with Gasteiger partial charge in [-0.3, -0.25) is 14.5 Å². The van der Waals surface area contributed by atoms with Gasteiger partial charge >= 0.3 is 5.97 Å². The van der Waals surface area contributed by atoms with Crippen LogP contribution in [0, 0.1) is 5.92 Å². The van der Waals surface area contributed by atoms with Gasteiger partial charge in [0, 0.05) is 26.1 Å². The molecule has 0 saturated heterocycles. The third-order valence-electron chi connectivity index (χ3n) is 6.55. The van der Waals surface area contributed by atoms with E-state index in [4.69, 9.17) is 4.74 Å². The molecule has 0 aliphatic heterocycles. The van der Waals surface area contributed by atoms with Crippen LogP contribution in [0.5, 0.6) is 0 Å². The average molecular weight is 435 g/mol. The topological polar surface area (TPSA) is 58.6 Å². The summed E-state index contributed by atoms with van der Waals surface area (Å²) >= 11 is 0. The lowest BCUT2D eigenvalue weighted by Crippen LogP contribution is -2.53. The Bertz CT molecular complexity index is 837. The number of hydrogen-bond donors (Lipinski definition) is 1. The number of esters is 1. The molecule has 0 spiro atoms. The van der Waals surface area contributed by atoms with E-state index in [1.54, 1.807) is 0 Å². The molecule has 1 amide bonds. The van der Waals surface area contributed by atoms with E-state index in [9.17, 15) is 9.59 Å². The summed E-state index contributed by atoms with van der Waals surface area (Å²) < 4.78 is 5.74. The molecule has 32 heavy (non-hydrogen) atoms. The number of rotatable bonds is 11. The highest BCUT2D eigenvalue weighted by molar-refractivity contribution is 5.84. The maximum Gasteiger partial charge on any atom is 0.303 e. The van der Waals surface area contributed by atoms with Gasteiger partial charge in [-0.2, -0.15) is 0 Å². The number of ether oxygens (including phenoxy) is 1. The Morgan fingerprint density at radius 2 is 1.50 bits per heavy atom. The Labute approximate surface area is 191 Å². The quantitative estimate of drug-likeness (QED) is 0.531. The van der Waals surface area contributed by atoms with Crippen molar-refractivity contribution in [3.8, 4) is 0 Å². The van der Waals surface area contributed by atoms with E-state index in [0.29, 0.717) is 19.0 Å². The average Bonchev–Trinajstić information content (AvgIpc) is 3.57. The second-order valence-electron chi connectivity index (χ2n) is 9.29. The van der Waals surface area contributed by atoms with Crippen LogP contribution in [0.3, 0.4) is 0 Å². The first-order valence-corrected chi connectivity index (χ1v) is 11.9. The van der Waals surface area contributed by atoms with Gasteiger partial charge in [-0.05, 0) is 36.3 Å². The van der Waals surface area contributed by atoms with Crippen LogP contribution >= 0.6 is 0 Å². The van der Waals surface area contributed by atoms with Crippen molar-refractivity contribution in [3.63, 3.8) is 0 Å². The van der Waals surface area contributed by atoms with Gasteiger partial charge in [0.2, 0.25) is 0 Å². The van der Waals surface area contributed by atoms with E-state index in [1.807, 2.05) is 36.4 Å². The van der Waals surface area contributed by atoms with E-state index < -0.39 is 12.1 Å². The third-order valence-corrected chi connectivity index (χ3v) is 6.55. The van der Waals surface area contributed by atoms with Gasteiger partial charge < -0.3 is 10.1 Å². The molecule has 2 atom stereocenters. The molecule has 5 heteroatoms. The van der Waals surface area contributed by atoms with Crippen LogP contribution in [-0.4, -0.2) is 35.0 Å². The van der Waals surface area contributed by atoms with Crippen molar-refractivity contribution in [2.45, 2.75) is 76.7 Å². The van der Waals surface area contributed by atoms with Crippen molar-refractivity contribution in [1.29, 1.82) is 0 Å². The lowest BCUT2D eigenvalue weighted by molar-refractivity contribution is -0.159. The zero-order chi connectivity index (χ0) is 22.3. The number of benzene rings is 2. The Kier molecular flexibility index (Phi) is 7.59. The van der Waals surface area contributed by atoms with E-state index in [0.717, 1.165) is 19.3 Å². The van der Waals surface area contributed by atoms with E-state index in [1.165, 1.54) is 37.3 Å². The van der Waals surface area contributed by atoms with Crippen LogP contribution in [-0.2, 0) is 27.4 Å². The van der Waals surface area contributed by atoms with E-state index in [-0.39, 0.29) is 18.0 Å². The minimum Gasteiger partial charge on any atom is -0.451 e. The molecule has 0 radical (unpaired) electrons. The first-order valence-electron chi connectivity index (χ1n) is 11.9. The van der Waals surface area contributed by atoms with Gasteiger partial charge in [-0.25, -0.2) is 0 Å². The van der Waals surface area contributed by atoms with Crippen LogP contribution in [0.4, 0.5) is 0 Å². The molecule has 170 valence electrons. The molecule has 1 N–H and O–H groups in total. The van der Waals surface area contributed by atoms with Gasteiger partial charge in [0.05, 0.1) is 6.04 Å². The summed E-state index contributed by atoms with van der Waals surface area (Å²) in [5.41, 5.74) is 2.37. The van der Waals surface area contributed by atoms with E-state index >= 15 is 0 Å². The number of carbonyl (C=O) groups excluding carboxylic acids is 2.